The molecule has 0 aliphatic heterocycles. The Kier molecular flexibility index (Phi) is 5.81. The van der Waals surface area contributed by atoms with E-state index in [2.05, 4.69) is 27.3 Å². The highest BCUT2D eigenvalue weighted by Crippen LogP contribution is 2.21. The Morgan fingerprint density at radius 1 is 1.33 bits per heavy atom. The first-order valence-electron chi connectivity index (χ1n) is 6.58. The largest absolute Gasteiger partial charge is 0.323 e. The van der Waals surface area contributed by atoms with Crippen LogP contribution < -0.4 is 10.2 Å². The van der Waals surface area contributed by atoms with Gasteiger partial charge in [-0.2, -0.15) is 0 Å². The topological polar surface area (TPSA) is 33.5 Å². The summed E-state index contributed by atoms with van der Waals surface area (Å²) < 4.78 is 1.11. The number of anilines is 1. The summed E-state index contributed by atoms with van der Waals surface area (Å²) in [5.41, 5.74) is 0.767. The summed E-state index contributed by atoms with van der Waals surface area (Å²) in [5, 5.41) is 3.58. The summed E-state index contributed by atoms with van der Waals surface area (Å²) in [4.78, 5) is 14.7. The molecular weight excluding hydrogens is 372 g/mol. The molecule has 0 radical (unpaired) electrons. The van der Waals surface area contributed by atoms with E-state index in [0.717, 1.165) is 20.9 Å². The van der Waals surface area contributed by atoms with Gasteiger partial charge in [0, 0.05) is 10.7 Å². The fourth-order valence-electron chi connectivity index (χ4n) is 1.88. The number of likely N-dealkylation sites (N-methyl/N-ethyl adjacent to an activating group) is 1. The van der Waals surface area contributed by atoms with E-state index in [4.69, 9.17) is 11.6 Å². The van der Waals surface area contributed by atoms with Gasteiger partial charge in [-0.1, -0.05) is 11.6 Å². The van der Waals surface area contributed by atoms with Gasteiger partial charge in [-0.25, -0.2) is 0 Å². The van der Waals surface area contributed by atoms with Crippen LogP contribution in [0, 0.1) is 0 Å². The molecule has 0 saturated carbocycles. The van der Waals surface area contributed by atoms with Crippen molar-refractivity contribution in [1.82, 2.24) is 0 Å². The van der Waals surface area contributed by atoms with Crippen LogP contribution in [0.1, 0.15) is 11.8 Å². The fourth-order valence-corrected chi connectivity index (χ4v) is 3.59. The highest BCUT2D eigenvalue weighted by atomic mass is 79.9. The molecule has 2 atom stereocenters. The maximum Gasteiger partial charge on any atom is 0.282 e. The van der Waals surface area contributed by atoms with E-state index in [9.17, 15) is 4.79 Å². The average Bonchev–Trinajstić information content (AvgIpc) is 2.85. The minimum Gasteiger partial charge on any atom is -0.323 e. The molecule has 1 aromatic heterocycles. The van der Waals surface area contributed by atoms with Gasteiger partial charge in [0.1, 0.15) is 6.54 Å². The maximum absolute atomic E-state index is 12.3. The van der Waals surface area contributed by atoms with Gasteiger partial charge in [0.05, 0.1) is 15.7 Å². The van der Waals surface area contributed by atoms with Crippen LogP contribution in [0.2, 0.25) is 5.02 Å². The van der Waals surface area contributed by atoms with Gasteiger partial charge in [0.2, 0.25) is 0 Å². The molecule has 1 heterocycles. The normalized spacial score (nSPS) is 13.7. The molecule has 21 heavy (non-hydrogen) atoms. The van der Waals surface area contributed by atoms with Crippen LogP contribution in [0.15, 0.2) is 40.2 Å². The van der Waals surface area contributed by atoms with E-state index in [0.29, 0.717) is 5.02 Å². The van der Waals surface area contributed by atoms with Crippen molar-refractivity contribution < 1.29 is 9.69 Å². The van der Waals surface area contributed by atoms with Crippen LogP contribution in [-0.4, -0.2) is 19.0 Å². The zero-order chi connectivity index (χ0) is 15.4. The monoisotopic (exact) mass is 387 g/mol. The minimum absolute atomic E-state index is 0.00504. The highest BCUT2D eigenvalue weighted by Gasteiger charge is 2.22. The van der Waals surface area contributed by atoms with Crippen molar-refractivity contribution in [3.63, 3.8) is 0 Å². The van der Waals surface area contributed by atoms with Crippen LogP contribution in [0.25, 0.3) is 0 Å². The first-order chi connectivity index (χ1) is 9.95. The van der Waals surface area contributed by atoms with Crippen molar-refractivity contribution in [1.29, 1.82) is 0 Å². The van der Waals surface area contributed by atoms with Crippen LogP contribution in [0.4, 0.5) is 5.69 Å². The second kappa shape index (κ2) is 7.40. The lowest BCUT2D eigenvalue weighted by Crippen LogP contribution is -3.12. The van der Waals surface area contributed by atoms with Crippen molar-refractivity contribution in [2.75, 3.05) is 12.4 Å². The molecular formula is C15H17BrClN2OS+. The van der Waals surface area contributed by atoms with Gasteiger partial charge in [-0.15, -0.1) is 11.3 Å². The van der Waals surface area contributed by atoms with Crippen LogP contribution in [-0.2, 0) is 11.3 Å². The SMILES string of the molecule is C[C@H](C(=O)Nc1ccc(Cl)cc1)[NH+](C)Cc1ccc(Br)s1. The van der Waals surface area contributed by atoms with Crippen LogP contribution in [0.5, 0.6) is 0 Å². The standard InChI is InChI=1S/C15H16BrClN2OS/c1-10(19(2)9-13-7-8-14(16)21-13)15(20)18-12-5-3-11(17)4-6-12/h3-8,10H,9H2,1-2H3,(H,18,20)/p+1/t10-/m1/s1. The Labute approximate surface area is 142 Å². The van der Waals surface area contributed by atoms with E-state index < -0.39 is 0 Å². The first-order valence-corrected chi connectivity index (χ1v) is 8.57. The smallest absolute Gasteiger partial charge is 0.282 e. The molecule has 2 N–H and O–H groups in total. The number of carbonyl (C=O) groups is 1. The predicted molar refractivity (Wildman–Crippen MR) is 92.2 cm³/mol. The van der Waals surface area contributed by atoms with E-state index in [1.54, 1.807) is 35.6 Å². The molecule has 0 spiro atoms. The Balaban J connectivity index is 1.93. The quantitative estimate of drug-likeness (QED) is 0.810. The summed E-state index contributed by atoms with van der Waals surface area (Å²) >= 11 is 11.0. The lowest BCUT2D eigenvalue weighted by molar-refractivity contribution is -0.907. The maximum atomic E-state index is 12.3. The zero-order valence-electron chi connectivity index (χ0n) is 11.8. The Bertz CT molecular complexity index is 614. The van der Waals surface area contributed by atoms with E-state index in [1.807, 2.05) is 20.0 Å². The zero-order valence-corrected chi connectivity index (χ0v) is 15.0. The van der Waals surface area contributed by atoms with Gasteiger partial charge in [0.25, 0.3) is 5.91 Å². The number of benzene rings is 1. The Morgan fingerprint density at radius 2 is 2.00 bits per heavy atom. The molecule has 1 unspecified atom stereocenters. The predicted octanol–water partition coefficient (Wildman–Crippen LogP) is 3.21. The summed E-state index contributed by atoms with van der Waals surface area (Å²) in [6, 6.07) is 11.1. The number of carbonyl (C=O) groups excluding carboxylic acids is 1. The van der Waals surface area contributed by atoms with Crippen LogP contribution >= 0.6 is 38.9 Å². The van der Waals surface area contributed by atoms with E-state index in [1.165, 1.54) is 4.88 Å². The molecule has 112 valence electrons. The first kappa shape index (κ1) is 16.5. The molecule has 0 aliphatic rings. The van der Waals surface area contributed by atoms with E-state index in [-0.39, 0.29) is 11.9 Å². The fraction of sp³-hybridized carbons (Fsp3) is 0.267. The Morgan fingerprint density at radius 3 is 2.57 bits per heavy atom. The number of halogens is 2. The highest BCUT2D eigenvalue weighted by molar-refractivity contribution is 9.11. The van der Waals surface area contributed by atoms with Gasteiger partial charge < -0.3 is 10.2 Å². The molecule has 1 aromatic carbocycles. The third-order valence-corrected chi connectivity index (χ3v) is 5.20. The summed E-state index contributed by atoms with van der Waals surface area (Å²) in [6.45, 7) is 2.76. The number of amides is 1. The van der Waals surface area contributed by atoms with E-state index >= 15 is 0 Å². The molecule has 0 bridgehead atoms. The average molecular weight is 389 g/mol. The second-order valence-corrected chi connectivity index (χ2v) is 7.93. The Hall–Kier alpha value is -0.880. The van der Waals surface area contributed by atoms with Gasteiger partial charge in [-0.05, 0) is 59.3 Å². The summed E-state index contributed by atoms with van der Waals surface area (Å²) in [7, 11) is 2.03. The summed E-state index contributed by atoms with van der Waals surface area (Å²) in [6.07, 6.45) is 0. The molecule has 0 fully saturated rings. The number of nitrogens with one attached hydrogen (secondary N) is 2. The number of thiophene rings is 1. The number of hydrogen-bond acceptors (Lipinski definition) is 2. The minimum atomic E-state index is -0.137. The van der Waals surface area contributed by atoms with Crippen molar-refractivity contribution >= 4 is 50.5 Å². The lowest BCUT2D eigenvalue weighted by Gasteiger charge is -2.20. The lowest BCUT2D eigenvalue weighted by atomic mass is 10.2. The number of rotatable bonds is 5. The van der Waals surface area contributed by atoms with Crippen molar-refractivity contribution in [2.24, 2.45) is 0 Å². The molecule has 2 aromatic rings. The van der Waals surface area contributed by atoms with Crippen molar-refractivity contribution in [2.45, 2.75) is 19.5 Å². The van der Waals surface area contributed by atoms with Crippen LogP contribution in [0.3, 0.4) is 0 Å². The molecule has 3 nitrogen and oxygen atoms in total. The molecule has 2 rings (SSSR count). The number of hydrogen-bond donors (Lipinski definition) is 2. The molecule has 0 aliphatic carbocycles. The molecule has 0 saturated heterocycles. The second-order valence-electron chi connectivity index (χ2n) is 4.95. The third-order valence-electron chi connectivity index (χ3n) is 3.33. The van der Waals surface area contributed by atoms with Gasteiger partial charge >= 0.3 is 0 Å². The summed E-state index contributed by atoms with van der Waals surface area (Å²) in [5.74, 6) is 0.00504. The van der Waals surface area contributed by atoms with Crippen molar-refractivity contribution in [3.8, 4) is 0 Å². The third kappa shape index (κ3) is 4.81. The number of quaternary nitrogens is 1. The van der Waals surface area contributed by atoms with Crippen molar-refractivity contribution in [3.05, 3.63) is 50.1 Å². The van der Waals surface area contributed by atoms with Gasteiger partial charge in [-0.3, -0.25) is 4.79 Å². The van der Waals surface area contributed by atoms with Gasteiger partial charge in [0.15, 0.2) is 6.04 Å². The molecule has 1 amide bonds. The molecule has 6 heteroatoms.